The lowest BCUT2D eigenvalue weighted by atomic mass is 10.0. The number of amides is 2. The molecule has 2 saturated heterocycles. The summed E-state index contributed by atoms with van der Waals surface area (Å²) in [6, 6.07) is 17.9. The summed E-state index contributed by atoms with van der Waals surface area (Å²) in [7, 11) is -4.01. The number of ether oxygens (including phenoxy) is 2. The number of carbonyl (C=O) groups is 3. The van der Waals surface area contributed by atoms with Gasteiger partial charge in [-0.25, -0.2) is 13.2 Å². The van der Waals surface area contributed by atoms with Crippen LogP contribution in [0.5, 0.6) is 0 Å². The quantitative estimate of drug-likeness (QED) is 0.388. The molecule has 2 aliphatic rings. The third-order valence-corrected chi connectivity index (χ3v) is 8.54. The molecule has 2 fully saturated rings. The molecule has 0 saturated carbocycles. The third-order valence-electron chi connectivity index (χ3n) is 5.87. The summed E-state index contributed by atoms with van der Waals surface area (Å²) in [5.41, 5.74) is 6.49. The van der Waals surface area contributed by atoms with Gasteiger partial charge in [0.2, 0.25) is 18.0 Å². The number of sulfone groups is 1. The standard InChI is InChI=1S/C23H22N2O7S/c1-23(13-12-17(24)26)21(25-18(27)14-19(25)33(23,29)30)32-22(28)31-20(15-8-4-2-5-9-15)16-10-6-3-7-11-16/h2-13,19-21H,14H2,1H3,(H2,24,26)/b13-12-/t19-,21+,23+/m1/s1. The highest BCUT2D eigenvalue weighted by atomic mass is 32.2. The number of carbonyl (C=O) groups excluding carboxylic acids is 3. The molecule has 2 N–H and O–H groups in total. The normalized spacial score (nSPS) is 25.5. The van der Waals surface area contributed by atoms with E-state index in [1.165, 1.54) is 6.92 Å². The van der Waals surface area contributed by atoms with E-state index in [9.17, 15) is 22.8 Å². The first-order chi connectivity index (χ1) is 15.6. The molecule has 2 aromatic rings. The molecule has 2 amide bonds. The van der Waals surface area contributed by atoms with Crippen LogP contribution >= 0.6 is 0 Å². The lowest BCUT2D eigenvalue weighted by Gasteiger charge is -2.36. The van der Waals surface area contributed by atoms with E-state index in [1.807, 2.05) is 12.1 Å². The van der Waals surface area contributed by atoms with Gasteiger partial charge >= 0.3 is 6.16 Å². The second kappa shape index (κ2) is 8.36. The molecular weight excluding hydrogens is 448 g/mol. The lowest BCUT2D eigenvalue weighted by molar-refractivity contribution is -0.157. The second-order valence-electron chi connectivity index (χ2n) is 7.96. The monoisotopic (exact) mass is 470 g/mol. The Morgan fingerprint density at radius 1 is 1.09 bits per heavy atom. The zero-order valence-electron chi connectivity index (χ0n) is 17.7. The van der Waals surface area contributed by atoms with Gasteiger partial charge in [-0.05, 0) is 18.1 Å². The summed E-state index contributed by atoms with van der Waals surface area (Å²) in [5, 5.41) is -1.15. The minimum Gasteiger partial charge on any atom is -0.421 e. The van der Waals surface area contributed by atoms with Gasteiger partial charge in [-0.1, -0.05) is 66.7 Å². The zero-order valence-corrected chi connectivity index (χ0v) is 18.5. The van der Waals surface area contributed by atoms with E-state index in [0.29, 0.717) is 11.1 Å². The first-order valence-corrected chi connectivity index (χ1v) is 11.7. The Morgan fingerprint density at radius 2 is 1.64 bits per heavy atom. The highest BCUT2D eigenvalue weighted by Crippen LogP contribution is 2.47. The predicted molar refractivity (Wildman–Crippen MR) is 117 cm³/mol. The average Bonchev–Trinajstić information content (AvgIpc) is 2.92. The van der Waals surface area contributed by atoms with Crippen LogP contribution in [0.4, 0.5) is 4.79 Å². The molecule has 0 unspecified atom stereocenters. The van der Waals surface area contributed by atoms with Crippen LogP contribution in [0.1, 0.15) is 30.6 Å². The van der Waals surface area contributed by atoms with Crippen molar-refractivity contribution >= 4 is 27.8 Å². The molecule has 9 nitrogen and oxygen atoms in total. The number of β-lactam (4-membered cyclic amide) rings is 1. The maximum atomic E-state index is 13.1. The number of fused-ring (bicyclic) bond motifs is 1. The van der Waals surface area contributed by atoms with E-state index in [0.717, 1.165) is 17.1 Å². The fourth-order valence-electron chi connectivity index (χ4n) is 4.05. The van der Waals surface area contributed by atoms with Gasteiger partial charge in [0.05, 0.1) is 6.42 Å². The first-order valence-electron chi connectivity index (χ1n) is 10.2. The number of benzene rings is 2. The van der Waals surface area contributed by atoms with Crippen LogP contribution in [-0.4, -0.2) is 47.6 Å². The topological polar surface area (TPSA) is 133 Å². The summed E-state index contributed by atoms with van der Waals surface area (Å²) in [6.07, 6.45) is -1.79. The van der Waals surface area contributed by atoms with Gasteiger partial charge in [-0.2, -0.15) is 0 Å². The van der Waals surface area contributed by atoms with Crippen LogP contribution in [0.2, 0.25) is 0 Å². The zero-order chi connectivity index (χ0) is 23.8. The Balaban J connectivity index is 1.64. The van der Waals surface area contributed by atoms with Gasteiger partial charge in [0.1, 0.15) is 10.1 Å². The summed E-state index contributed by atoms with van der Waals surface area (Å²) in [5.74, 6) is -1.36. The van der Waals surface area contributed by atoms with E-state index in [2.05, 4.69) is 0 Å². The van der Waals surface area contributed by atoms with Crippen LogP contribution < -0.4 is 5.73 Å². The molecule has 33 heavy (non-hydrogen) atoms. The van der Waals surface area contributed by atoms with Crippen LogP contribution in [0.3, 0.4) is 0 Å². The van der Waals surface area contributed by atoms with Crippen molar-refractivity contribution < 1.29 is 32.3 Å². The largest absolute Gasteiger partial charge is 0.511 e. The van der Waals surface area contributed by atoms with Crippen LogP contribution in [0.15, 0.2) is 72.8 Å². The van der Waals surface area contributed by atoms with Gasteiger partial charge in [0, 0.05) is 6.08 Å². The first kappa shape index (κ1) is 22.5. The third kappa shape index (κ3) is 3.86. The van der Waals surface area contributed by atoms with Gasteiger partial charge in [0.15, 0.2) is 15.9 Å². The molecule has 3 atom stereocenters. The Labute approximate surface area is 190 Å². The van der Waals surface area contributed by atoms with Crippen molar-refractivity contribution in [3.05, 3.63) is 83.9 Å². The molecule has 0 aromatic heterocycles. The summed E-state index contributed by atoms with van der Waals surface area (Å²) in [6.45, 7) is 1.27. The highest BCUT2D eigenvalue weighted by molar-refractivity contribution is 7.94. The molecule has 2 aliphatic heterocycles. The lowest BCUT2D eigenvalue weighted by Crippen LogP contribution is -2.55. The highest BCUT2D eigenvalue weighted by Gasteiger charge is 2.68. The molecule has 2 heterocycles. The maximum absolute atomic E-state index is 13.1. The van der Waals surface area contributed by atoms with Crippen molar-refractivity contribution in [3.8, 4) is 0 Å². The van der Waals surface area contributed by atoms with Gasteiger partial charge in [-0.15, -0.1) is 0 Å². The summed E-state index contributed by atoms with van der Waals surface area (Å²) < 4.78 is 35.3. The maximum Gasteiger partial charge on any atom is 0.511 e. The molecule has 4 rings (SSSR count). The van der Waals surface area contributed by atoms with Crippen molar-refractivity contribution in [1.29, 1.82) is 0 Å². The predicted octanol–water partition coefficient (Wildman–Crippen LogP) is 2.04. The van der Waals surface area contributed by atoms with Gasteiger partial charge in [-0.3, -0.25) is 14.5 Å². The van der Waals surface area contributed by atoms with Crippen molar-refractivity contribution in [3.63, 3.8) is 0 Å². The van der Waals surface area contributed by atoms with Gasteiger partial charge < -0.3 is 15.2 Å². The van der Waals surface area contributed by atoms with E-state index in [-0.39, 0.29) is 6.42 Å². The molecule has 0 aliphatic carbocycles. The van der Waals surface area contributed by atoms with E-state index in [1.54, 1.807) is 48.5 Å². The number of nitrogens with zero attached hydrogens (tertiary/aromatic N) is 1. The van der Waals surface area contributed by atoms with E-state index in [4.69, 9.17) is 15.2 Å². The molecule has 0 bridgehead atoms. The average molecular weight is 471 g/mol. The number of nitrogens with two attached hydrogens (primary N) is 1. The van der Waals surface area contributed by atoms with Crippen LogP contribution in [-0.2, 0) is 28.9 Å². The Bertz CT molecular complexity index is 1170. The molecule has 172 valence electrons. The SMILES string of the molecule is C[C@]1(/C=C\C(N)=O)[C@H](OC(=O)OC(c2ccccc2)c2ccccc2)N2C(=O)C[C@H]2S1(=O)=O. The van der Waals surface area contributed by atoms with E-state index < -0.39 is 50.3 Å². The molecule has 0 spiro atoms. The summed E-state index contributed by atoms with van der Waals surface area (Å²) >= 11 is 0. The van der Waals surface area contributed by atoms with Gasteiger partial charge in [0.25, 0.3) is 0 Å². The van der Waals surface area contributed by atoms with Crippen molar-refractivity contribution in [2.75, 3.05) is 0 Å². The fraction of sp³-hybridized carbons (Fsp3) is 0.261. The van der Waals surface area contributed by atoms with Crippen molar-refractivity contribution in [2.24, 2.45) is 5.73 Å². The minimum atomic E-state index is -4.01. The number of primary amides is 1. The smallest absolute Gasteiger partial charge is 0.421 e. The number of hydrogen-bond donors (Lipinski definition) is 1. The van der Waals surface area contributed by atoms with Crippen LogP contribution in [0.25, 0.3) is 0 Å². The summed E-state index contributed by atoms with van der Waals surface area (Å²) in [4.78, 5) is 37.3. The Kier molecular flexibility index (Phi) is 5.71. The molecule has 10 heteroatoms. The second-order valence-corrected chi connectivity index (χ2v) is 10.5. The fourth-order valence-corrected chi connectivity index (χ4v) is 6.23. The van der Waals surface area contributed by atoms with E-state index >= 15 is 0 Å². The number of rotatable bonds is 6. The Hall–Kier alpha value is -3.66. The Morgan fingerprint density at radius 3 is 2.12 bits per heavy atom. The van der Waals surface area contributed by atoms with Crippen molar-refractivity contribution in [1.82, 2.24) is 4.90 Å². The van der Waals surface area contributed by atoms with Crippen LogP contribution in [0, 0.1) is 0 Å². The molecule has 2 aromatic carbocycles. The van der Waals surface area contributed by atoms with Crippen molar-refractivity contribution in [2.45, 2.75) is 35.8 Å². The molecular formula is C23H22N2O7S. The number of hydrogen-bond acceptors (Lipinski definition) is 7. The molecule has 0 radical (unpaired) electrons. The minimum absolute atomic E-state index is 0.228.